The zero-order valence-electron chi connectivity index (χ0n) is 16.2. The predicted octanol–water partition coefficient (Wildman–Crippen LogP) is 2.92. The van der Waals surface area contributed by atoms with Gasteiger partial charge >= 0.3 is 0 Å². The van der Waals surface area contributed by atoms with Crippen LogP contribution in [0.5, 0.6) is 5.75 Å². The number of carbonyl (C=O) groups is 2. The molecule has 2 N–H and O–H groups in total. The fraction of sp³-hybridized carbons (Fsp3) is 0.0909. The maximum atomic E-state index is 12.8. The molecule has 0 aliphatic carbocycles. The highest BCUT2D eigenvalue weighted by molar-refractivity contribution is 6.09. The number of nitrogens with one attached hydrogen (secondary N) is 2. The van der Waals surface area contributed by atoms with Gasteiger partial charge in [-0.15, -0.1) is 10.2 Å². The highest BCUT2D eigenvalue weighted by atomic mass is 16.5. The standard InChI is InChI=1S/C22H19N5O3/c1-30-16-11-9-15(10-12-16)21(28)24-18-7-3-2-6-17(18)22(29)23-14-20-26-25-19-8-4-5-13-27(19)20/h2-13H,14H2,1H3,(H,23,29)(H,24,28). The van der Waals surface area contributed by atoms with Crippen molar-refractivity contribution in [1.29, 1.82) is 0 Å². The van der Waals surface area contributed by atoms with Gasteiger partial charge in [-0.05, 0) is 48.5 Å². The van der Waals surface area contributed by atoms with Gasteiger partial charge in [-0.25, -0.2) is 0 Å². The van der Waals surface area contributed by atoms with Gasteiger partial charge in [0.15, 0.2) is 11.5 Å². The molecule has 0 fully saturated rings. The number of anilines is 1. The van der Waals surface area contributed by atoms with E-state index < -0.39 is 0 Å². The maximum Gasteiger partial charge on any atom is 0.255 e. The van der Waals surface area contributed by atoms with Crippen molar-refractivity contribution in [2.24, 2.45) is 0 Å². The molecule has 0 saturated heterocycles. The number of carbonyl (C=O) groups excluding carboxylic acids is 2. The second-order valence-corrected chi connectivity index (χ2v) is 6.46. The molecule has 0 atom stereocenters. The first kappa shape index (κ1) is 19.1. The van der Waals surface area contributed by atoms with Gasteiger partial charge in [-0.3, -0.25) is 14.0 Å². The quantitative estimate of drug-likeness (QED) is 0.518. The normalized spacial score (nSPS) is 10.6. The van der Waals surface area contributed by atoms with E-state index in [0.29, 0.717) is 34.0 Å². The Balaban J connectivity index is 1.48. The molecule has 0 aliphatic heterocycles. The Bertz CT molecular complexity index is 1200. The van der Waals surface area contributed by atoms with E-state index in [-0.39, 0.29) is 18.4 Å². The zero-order chi connectivity index (χ0) is 20.9. The molecule has 8 heteroatoms. The Morgan fingerprint density at radius 3 is 2.50 bits per heavy atom. The Hall–Kier alpha value is -4.20. The lowest BCUT2D eigenvalue weighted by Gasteiger charge is -2.11. The van der Waals surface area contributed by atoms with Crippen molar-refractivity contribution in [3.63, 3.8) is 0 Å². The number of fused-ring (bicyclic) bond motifs is 1. The van der Waals surface area contributed by atoms with Crippen molar-refractivity contribution in [3.8, 4) is 5.75 Å². The zero-order valence-corrected chi connectivity index (χ0v) is 16.2. The lowest BCUT2D eigenvalue weighted by molar-refractivity contribution is 0.0950. The number of hydrogen-bond acceptors (Lipinski definition) is 5. The van der Waals surface area contributed by atoms with E-state index in [9.17, 15) is 9.59 Å². The molecule has 0 saturated carbocycles. The van der Waals surface area contributed by atoms with Crippen LogP contribution in [0.25, 0.3) is 5.65 Å². The third-order valence-corrected chi connectivity index (χ3v) is 4.56. The first-order chi connectivity index (χ1) is 14.7. The van der Waals surface area contributed by atoms with E-state index in [0.717, 1.165) is 0 Å². The third kappa shape index (κ3) is 3.97. The van der Waals surface area contributed by atoms with E-state index in [4.69, 9.17) is 4.74 Å². The van der Waals surface area contributed by atoms with Crippen molar-refractivity contribution in [1.82, 2.24) is 19.9 Å². The van der Waals surface area contributed by atoms with E-state index >= 15 is 0 Å². The van der Waals surface area contributed by atoms with E-state index in [1.165, 1.54) is 0 Å². The number of hydrogen-bond donors (Lipinski definition) is 2. The summed E-state index contributed by atoms with van der Waals surface area (Å²) < 4.78 is 6.91. The van der Waals surface area contributed by atoms with Gasteiger partial charge in [0, 0.05) is 11.8 Å². The molecule has 2 aromatic carbocycles. The summed E-state index contributed by atoms with van der Waals surface area (Å²) >= 11 is 0. The summed E-state index contributed by atoms with van der Waals surface area (Å²) in [6.45, 7) is 0.199. The highest BCUT2D eigenvalue weighted by Crippen LogP contribution is 2.18. The van der Waals surface area contributed by atoms with Crippen LogP contribution in [-0.4, -0.2) is 33.5 Å². The molecule has 30 heavy (non-hydrogen) atoms. The number of ether oxygens (including phenoxy) is 1. The van der Waals surface area contributed by atoms with Crippen LogP contribution in [-0.2, 0) is 6.54 Å². The summed E-state index contributed by atoms with van der Waals surface area (Å²) in [6, 6.07) is 19.1. The number of rotatable bonds is 6. The number of para-hydroxylation sites is 1. The average molecular weight is 401 g/mol. The van der Waals surface area contributed by atoms with Crippen molar-refractivity contribution < 1.29 is 14.3 Å². The topological polar surface area (TPSA) is 97.6 Å². The molecule has 4 rings (SSSR count). The van der Waals surface area contributed by atoms with Crippen LogP contribution in [0.4, 0.5) is 5.69 Å². The smallest absolute Gasteiger partial charge is 0.255 e. The summed E-state index contributed by atoms with van der Waals surface area (Å²) in [4.78, 5) is 25.3. The SMILES string of the molecule is COc1ccc(C(=O)Nc2ccccc2C(=O)NCc2nnc3ccccn23)cc1. The summed E-state index contributed by atoms with van der Waals surface area (Å²) in [5.41, 5.74) is 1.94. The second-order valence-electron chi connectivity index (χ2n) is 6.46. The molecule has 0 unspecified atom stereocenters. The maximum absolute atomic E-state index is 12.8. The minimum atomic E-state index is -0.326. The van der Waals surface area contributed by atoms with E-state index in [2.05, 4.69) is 20.8 Å². The number of amides is 2. The van der Waals surface area contributed by atoms with Crippen LogP contribution in [0, 0.1) is 0 Å². The van der Waals surface area contributed by atoms with Crippen LogP contribution in [0.1, 0.15) is 26.5 Å². The number of pyridine rings is 1. The fourth-order valence-electron chi connectivity index (χ4n) is 2.99. The monoisotopic (exact) mass is 401 g/mol. The molecule has 2 aromatic heterocycles. The molecule has 2 amide bonds. The predicted molar refractivity (Wildman–Crippen MR) is 112 cm³/mol. The highest BCUT2D eigenvalue weighted by Gasteiger charge is 2.15. The largest absolute Gasteiger partial charge is 0.497 e. The minimum absolute atomic E-state index is 0.199. The Kier molecular flexibility index (Phi) is 5.38. The van der Waals surface area contributed by atoms with Gasteiger partial charge < -0.3 is 15.4 Å². The summed E-state index contributed by atoms with van der Waals surface area (Å²) in [5, 5.41) is 13.8. The van der Waals surface area contributed by atoms with Crippen LogP contribution in [0.3, 0.4) is 0 Å². The van der Waals surface area contributed by atoms with Gasteiger partial charge in [0.1, 0.15) is 5.75 Å². The molecule has 150 valence electrons. The van der Waals surface area contributed by atoms with Gasteiger partial charge in [-0.1, -0.05) is 18.2 Å². The van der Waals surface area contributed by atoms with E-state index in [1.54, 1.807) is 60.0 Å². The summed E-state index contributed by atoms with van der Waals surface area (Å²) in [7, 11) is 1.56. The molecule has 0 bridgehead atoms. The number of aromatic nitrogens is 3. The van der Waals surface area contributed by atoms with Gasteiger partial charge in [0.25, 0.3) is 11.8 Å². The first-order valence-corrected chi connectivity index (χ1v) is 9.27. The molecule has 4 aromatic rings. The lowest BCUT2D eigenvalue weighted by Crippen LogP contribution is -2.25. The van der Waals surface area contributed by atoms with Crippen molar-refractivity contribution >= 4 is 23.1 Å². The summed E-state index contributed by atoms with van der Waals surface area (Å²) in [6.07, 6.45) is 1.83. The molecule has 8 nitrogen and oxygen atoms in total. The van der Waals surface area contributed by atoms with E-state index in [1.807, 2.05) is 24.4 Å². The summed E-state index contributed by atoms with van der Waals surface area (Å²) in [5.74, 6) is 0.626. The molecule has 0 radical (unpaired) electrons. The van der Waals surface area contributed by atoms with Crippen LogP contribution >= 0.6 is 0 Å². The number of methoxy groups -OCH3 is 1. The van der Waals surface area contributed by atoms with Crippen molar-refractivity contribution in [2.75, 3.05) is 12.4 Å². The first-order valence-electron chi connectivity index (χ1n) is 9.27. The van der Waals surface area contributed by atoms with Crippen molar-refractivity contribution in [2.45, 2.75) is 6.54 Å². The van der Waals surface area contributed by atoms with Crippen LogP contribution < -0.4 is 15.4 Å². The Labute approximate surface area is 172 Å². The van der Waals surface area contributed by atoms with Gasteiger partial charge in [-0.2, -0.15) is 0 Å². The molecular weight excluding hydrogens is 382 g/mol. The molecule has 0 spiro atoms. The molecule has 0 aliphatic rings. The second kappa shape index (κ2) is 8.44. The van der Waals surface area contributed by atoms with Crippen LogP contribution in [0.15, 0.2) is 72.9 Å². The average Bonchev–Trinajstić information content (AvgIpc) is 3.21. The molecule has 2 heterocycles. The Morgan fingerprint density at radius 2 is 1.70 bits per heavy atom. The fourth-order valence-corrected chi connectivity index (χ4v) is 2.99. The van der Waals surface area contributed by atoms with Crippen LogP contribution in [0.2, 0.25) is 0 Å². The Morgan fingerprint density at radius 1 is 0.933 bits per heavy atom. The van der Waals surface area contributed by atoms with Gasteiger partial charge in [0.05, 0.1) is 24.9 Å². The number of benzene rings is 2. The molecular formula is C22H19N5O3. The number of nitrogens with zero attached hydrogens (tertiary/aromatic N) is 3. The lowest BCUT2D eigenvalue weighted by atomic mass is 10.1. The van der Waals surface area contributed by atoms with Gasteiger partial charge in [0.2, 0.25) is 0 Å². The minimum Gasteiger partial charge on any atom is -0.497 e. The van der Waals surface area contributed by atoms with Crippen molar-refractivity contribution in [3.05, 3.63) is 89.9 Å². The third-order valence-electron chi connectivity index (χ3n) is 4.56.